The van der Waals surface area contributed by atoms with E-state index < -0.39 is 0 Å². The van der Waals surface area contributed by atoms with Gasteiger partial charge in [0.05, 0.1) is 25.5 Å². The van der Waals surface area contributed by atoms with E-state index in [9.17, 15) is 4.79 Å². The topological polar surface area (TPSA) is 67.8 Å². The van der Waals surface area contributed by atoms with Crippen molar-refractivity contribution in [3.8, 4) is 0 Å². The molecule has 1 saturated heterocycles. The van der Waals surface area contributed by atoms with E-state index in [2.05, 4.69) is 14.9 Å². The highest BCUT2D eigenvalue weighted by molar-refractivity contribution is 5.77. The van der Waals surface area contributed by atoms with Gasteiger partial charge in [-0.05, 0) is 12.0 Å². The number of fused-ring (bicyclic) bond motifs is 1. The van der Waals surface area contributed by atoms with Gasteiger partial charge in [-0.25, -0.2) is 9.97 Å². The molecule has 0 unspecified atom stereocenters. The number of anilines is 1. The molecule has 0 aliphatic carbocycles. The summed E-state index contributed by atoms with van der Waals surface area (Å²) in [5.41, 5.74) is 2.08. The van der Waals surface area contributed by atoms with Crippen molar-refractivity contribution in [3.63, 3.8) is 0 Å². The summed E-state index contributed by atoms with van der Waals surface area (Å²) in [6.07, 6.45) is 2.69. The number of carbonyl (C=O) groups excluding carboxylic acids is 1. The fourth-order valence-electron chi connectivity index (χ4n) is 2.64. The fraction of sp³-hybridized carbons (Fsp3) is 0.643. The van der Waals surface area contributed by atoms with Gasteiger partial charge in [0.1, 0.15) is 6.61 Å². The third-order valence-corrected chi connectivity index (χ3v) is 3.85. The molecule has 2 aliphatic heterocycles. The van der Waals surface area contributed by atoms with Crippen LogP contribution in [0.4, 0.5) is 5.95 Å². The van der Waals surface area contributed by atoms with Gasteiger partial charge in [-0.3, -0.25) is 4.79 Å². The highest BCUT2D eigenvalue weighted by Gasteiger charge is 2.23. The normalized spacial score (nSPS) is 18.5. The zero-order valence-electron chi connectivity index (χ0n) is 12.2. The number of ether oxygens (including phenoxy) is 2. The Labute approximate surface area is 123 Å². The number of aromatic nitrogens is 2. The number of carbonyl (C=O) groups is 1. The summed E-state index contributed by atoms with van der Waals surface area (Å²) < 4.78 is 10.3. The molecule has 0 atom stereocenters. The average molecular weight is 292 g/mol. The molecule has 0 spiro atoms. The SMILES string of the molecule is COCC(=O)N1CCc2cnc(N3CCOCC3)nc2C1. The maximum atomic E-state index is 11.9. The Morgan fingerprint density at radius 2 is 2.19 bits per heavy atom. The predicted molar refractivity (Wildman–Crippen MR) is 76.1 cm³/mol. The van der Waals surface area contributed by atoms with Crippen LogP contribution in [-0.4, -0.2) is 67.3 Å². The maximum Gasteiger partial charge on any atom is 0.248 e. The van der Waals surface area contributed by atoms with Crippen LogP contribution in [-0.2, 0) is 27.2 Å². The second-order valence-corrected chi connectivity index (χ2v) is 5.24. The molecule has 7 heteroatoms. The van der Waals surface area contributed by atoms with Crippen LogP contribution in [0.5, 0.6) is 0 Å². The lowest BCUT2D eigenvalue weighted by Crippen LogP contribution is -2.40. The van der Waals surface area contributed by atoms with Gasteiger partial charge >= 0.3 is 0 Å². The summed E-state index contributed by atoms with van der Waals surface area (Å²) in [6, 6.07) is 0. The third-order valence-electron chi connectivity index (χ3n) is 3.85. The van der Waals surface area contributed by atoms with E-state index in [0.29, 0.717) is 26.3 Å². The monoisotopic (exact) mass is 292 g/mol. The van der Waals surface area contributed by atoms with Crippen LogP contribution in [0, 0.1) is 0 Å². The summed E-state index contributed by atoms with van der Waals surface area (Å²) >= 11 is 0. The molecule has 3 rings (SSSR count). The summed E-state index contributed by atoms with van der Waals surface area (Å²) in [5.74, 6) is 0.743. The number of hydrogen-bond acceptors (Lipinski definition) is 6. The predicted octanol–water partition coefficient (Wildman–Crippen LogP) is -0.156. The first kappa shape index (κ1) is 14.2. The van der Waals surface area contributed by atoms with Gasteiger partial charge in [-0.1, -0.05) is 0 Å². The van der Waals surface area contributed by atoms with Crippen LogP contribution in [0.2, 0.25) is 0 Å². The number of methoxy groups -OCH3 is 1. The van der Waals surface area contributed by atoms with E-state index in [1.54, 1.807) is 4.90 Å². The van der Waals surface area contributed by atoms with Crippen molar-refractivity contribution in [2.45, 2.75) is 13.0 Å². The van der Waals surface area contributed by atoms with Crippen molar-refractivity contribution in [1.82, 2.24) is 14.9 Å². The summed E-state index contributed by atoms with van der Waals surface area (Å²) in [6.45, 7) is 4.40. The molecule has 7 nitrogen and oxygen atoms in total. The molecule has 1 fully saturated rings. The van der Waals surface area contributed by atoms with Crippen molar-refractivity contribution in [2.24, 2.45) is 0 Å². The molecule has 1 aromatic rings. The van der Waals surface area contributed by atoms with Crippen molar-refractivity contribution in [1.29, 1.82) is 0 Å². The average Bonchev–Trinajstić information content (AvgIpc) is 2.55. The number of amides is 1. The van der Waals surface area contributed by atoms with Gasteiger partial charge < -0.3 is 19.3 Å². The minimum atomic E-state index is 0.00897. The summed E-state index contributed by atoms with van der Waals surface area (Å²) in [4.78, 5) is 25.0. The Bertz CT molecular complexity index is 517. The first-order chi connectivity index (χ1) is 10.3. The first-order valence-corrected chi connectivity index (χ1v) is 7.22. The van der Waals surface area contributed by atoms with E-state index in [0.717, 1.165) is 36.7 Å². The highest BCUT2D eigenvalue weighted by atomic mass is 16.5. The van der Waals surface area contributed by atoms with E-state index >= 15 is 0 Å². The number of rotatable bonds is 3. The van der Waals surface area contributed by atoms with E-state index in [1.165, 1.54) is 7.11 Å². The van der Waals surface area contributed by atoms with Crippen molar-refractivity contribution >= 4 is 11.9 Å². The molecule has 114 valence electrons. The summed E-state index contributed by atoms with van der Waals surface area (Å²) in [5, 5.41) is 0. The van der Waals surface area contributed by atoms with E-state index in [-0.39, 0.29) is 12.5 Å². The van der Waals surface area contributed by atoms with Gasteiger partial charge in [0, 0.05) is 32.9 Å². The van der Waals surface area contributed by atoms with E-state index in [4.69, 9.17) is 9.47 Å². The zero-order chi connectivity index (χ0) is 14.7. The molecule has 1 aromatic heterocycles. The first-order valence-electron chi connectivity index (χ1n) is 7.22. The van der Waals surface area contributed by atoms with Gasteiger partial charge in [-0.2, -0.15) is 0 Å². The van der Waals surface area contributed by atoms with Crippen molar-refractivity contribution in [2.75, 3.05) is 51.5 Å². The van der Waals surface area contributed by atoms with Crippen LogP contribution in [0.15, 0.2) is 6.20 Å². The molecule has 0 N–H and O–H groups in total. The Morgan fingerprint density at radius 1 is 1.38 bits per heavy atom. The molecule has 0 bridgehead atoms. The Kier molecular flexibility index (Phi) is 4.31. The smallest absolute Gasteiger partial charge is 0.248 e. The molecule has 3 heterocycles. The Balaban J connectivity index is 1.75. The minimum Gasteiger partial charge on any atom is -0.378 e. The Morgan fingerprint density at radius 3 is 2.95 bits per heavy atom. The quantitative estimate of drug-likeness (QED) is 0.771. The van der Waals surface area contributed by atoms with Gasteiger partial charge in [0.2, 0.25) is 11.9 Å². The minimum absolute atomic E-state index is 0.00897. The molecule has 21 heavy (non-hydrogen) atoms. The molecular formula is C14H20N4O3. The van der Waals surface area contributed by atoms with Crippen molar-refractivity contribution in [3.05, 3.63) is 17.5 Å². The van der Waals surface area contributed by atoms with Crippen LogP contribution in [0.3, 0.4) is 0 Å². The van der Waals surface area contributed by atoms with Crippen LogP contribution in [0.25, 0.3) is 0 Å². The number of hydrogen-bond donors (Lipinski definition) is 0. The van der Waals surface area contributed by atoms with Crippen molar-refractivity contribution < 1.29 is 14.3 Å². The fourth-order valence-corrected chi connectivity index (χ4v) is 2.64. The largest absolute Gasteiger partial charge is 0.378 e. The molecular weight excluding hydrogens is 272 g/mol. The number of morpholine rings is 1. The maximum absolute atomic E-state index is 11.9. The second-order valence-electron chi connectivity index (χ2n) is 5.24. The zero-order valence-corrected chi connectivity index (χ0v) is 12.2. The Hall–Kier alpha value is -1.73. The molecule has 0 aromatic carbocycles. The lowest BCUT2D eigenvalue weighted by Gasteiger charge is -2.30. The van der Waals surface area contributed by atoms with Gasteiger partial charge in [0.15, 0.2) is 0 Å². The van der Waals surface area contributed by atoms with Gasteiger partial charge in [0.25, 0.3) is 0 Å². The summed E-state index contributed by atoms with van der Waals surface area (Å²) in [7, 11) is 1.54. The van der Waals surface area contributed by atoms with Crippen LogP contribution < -0.4 is 4.90 Å². The lowest BCUT2D eigenvalue weighted by molar-refractivity contribution is -0.136. The molecule has 0 radical (unpaired) electrons. The highest BCUT2D eigenvalue weighted by Crippen LogP contribution is 2.19. The third kappa shape index (κ3) is 3.14. The molecule has 0 saturated carbocycles. The number of nitrogens with zero attached hydrogens (tertiary/aromatic N) is 4. The van der Waals surface area contributed by atoms with Crippen LogP contribution >= 0.6 is 0 Å². The lowest BCUT2D eigenvalue weighted by atomic mass is 10.1. The molecule has 2 aliphatic rings. The standard InChI is InChI=1S/C14H20N4O3/c1-20-10-13(19)18-3-2-11-8-15-14(16-12(11)9-18)17-4-6-21-7-5-17/h8H,2-7,9-10H2,1H3. The van der Waals surface area contributed by atoms with Gasteiger partial charge in [-0.15, -0.1) is 0 Å². The van der Waals surface area contributed by atoms with E-state index in [1.807, 2.05) is 6.20 Å². The van der Waals surface area contributed by atoms with Crippen LogP contribution in [0.1, 0.15) is 11.3 Å². The molecule has 1 amide bonds. The second kappa shape index (κ2) is 6.36.